The molecule has 0 saturated heterocycles. The molecule has 8 nitrogen and oxygen atoms in total. The van der Waals surface area contributed by atoms with Crippen LogP contribution >= 0.6 is 35.4 Å². The van der Waals surface area contributed by atoms with Crippen LogP contribution < -0.4 is 20.1 Å². The van der Waals surface area contributed by atoms with Gasteiger partial charge in [0.1, 0.15) is 23.1 Å². The number of benzene rings is 2. The zero-order valence-electron chi connectivity index (χ0n) is 20.9. The van der Waals surface area contributed by atoms with E-state index in [9.17, 15) is 9.59 Å². The maximum atomic E-state index is 12.6. The van der Waals surface area contributed by atoms with Crippen molar-refractivity contribution in [2.45, 2.75) is 45.4 Å². The molecule has 2 N–H and O–H groups in total. The highest BCUT2D eigenvalue weighted by Gasteiger charge is 2.26. The number of nitrogens with two attached hydrogens (primary N) is 1. The van der Waals surface area contributed by atoms with E-state index in [2.05, 4.69) is 4.98 Å². The van der Waals surface area contributed by atoms with E-state index in [0.29, 0.717) is 33.8 Å². The summed E-state index contributed by atoms with van der Waals surface area (Å²) in [5.74, 6) is -0.304. The molecular formula is C27H25Cl2N3O5S. The Bertz CT molecular complexity index is 1380. The molecular weight excluding hydrogens is 549 g/mol. The van der Waals surface area contributed by atoms with Crippen LogP contribution in [0.1, 0.15) is 42.4 Å². The zero-order valence-corrected chi connectivity index (χ0v) is 23.2. The first kappa shape index (κ1) is 27.8. The summed E-state index contributed by atoms with van der Waals surface area (Å²) < 4.78 is 16.5. The highest BCUT2D eigenvalue weighted by atomic mass is 35.5. The smallest absolute Gasteiger partial charge is 0.362 e. The maximum Gasteiger partial charge on any atom is 0.362 e. The fourth-order valence-corrected chi connectivity index (χ4v) is 4.48. The molecule has 0 fully saturated rings. The van der Waals surface area contributed by atoms with Crippen molar-refractivity contribution in [3.05, 3.63) is 81.6 Å². The largest absolute Gasteiger partial charge is 0.459 e. The molecule has 1 aliphatic rings. The molecule has 38 heavy (non-hydrogen) atoms. The van der Waals surface area contributed by atoms with Crippen LogP contribution in [-0.4, -0.2) is 33.7 Å². The molecule has 0 spiro atoms. The summed E-state index contributed by atoms with van der Waals surface area (Å²) in [5, 5.41) is 1.07. The van der Waals surface area contributed by atoms with Crippen LogP contribution in [0.25, 0.3) is 0 Å². The number of halogens is 2. The van der Waals surface area contributed by atoms with Gasteiger partial charge in [-0.25, -0.2) is 9.78 Å². The Morgan fingerprint density at radius 3 is 2.50 bits per heavy atom. The van der Waals surface area contributed by atoms with E-state index < -0.39 is 23.6 Å². The van der Waals surface area contributed by atoms with Gasteiger partial charge in [-0.05, 0) is 81.4 Å². The lowest BCUT2D eigenvalue weighted by Crippen LogP contribution is -2.38. The molecule has 0 bridgehead atoms. The summed E-state index contributed by atoms with van der Waals surface area (Å²) in [5.41, 5.74) is 7.66. The minimum absolute atomic E-state index is 0.111. The molecule has 1 aliphatic heterocycles. The Morgan fingerprint density at radius 2 is 1.87 bits per heavy atom. The molecule has 0 radical (unpaired) electrons. The number of fused-ring (bicyclic) bond motifs is 1. The fourth-order valence-electron chi connectivity index (χ4n) is 3.65. The SMILES string of the molecule is CC(C)(C)OC(=O)[C@@H](N)Cc1ccc(OC(=O)c2ccc(N3Cc4cc(Cl)cc(Cl)c4OC3=S)cn2)cc1. The number of anilines is 1. The predicted molar refractivity (Wildman–Crippen MR) is 149 cm³/mol. The standard InChI is InChI=1S/C27H25Cl2N3O5S/c1-27(2,3)37-24(33)21(30)10-15-4-7-19(8-5-15)35-25(34)22-9-6-18(13-31-22)32-14-16-11-17(28)12-20(29)23(16)36-26(32)38/h4-9,11-13,21H,10,14,30H2,1-3H3/t21-/m0/s1. The summed E-state index contributed by atoms with van der Waals surface area (Å²) in [6, 6.07) is 12.5. The first-order valence-electron chi connectivity index (χ1n) is 11.6. The highest BCUT2D eigenvalue weighted by Crippen LogP contribution is 2.37. The Morgan fingerprint density at radius 1 is 1.16 bits per heavy atom. The van der Waals surface area contributed by atoms with Gasteiger partial charge in [-0.2, -0.15) is 0 Å². The number of rotatable bonds is 6. The van der Waals surface area contributed by atoms with E-state index in [0.717, 1.165) is 11.1 Å². The number of esters is 2. The summed E-state index contributed by atoms with van der Waals surface area (Å²) in [7, 11) is 0. The Labute approximate surface area is 235 Å². The number of thiocarbonyl (C=S) groups is 1. The average Bonchev–Trinajstić information content (AvgIpc) is 2.84. The van der Waals surface area contributed by atoms with Crippen molar-refractivity contribution in [3.8, 4) is 11.5 Å². The van der Waals surface area contributed by atoms with Gasteiger partial charge in [-0.15, -0.1) is 0 Å². The minimum Gasteiger partial charge on any atom is -0.459 e. The fraction of sp³-hybridized carbons (Fsp3) is 0.259. The van der Waals surface area contributed by atoms with Crippen LogP contribution in [0.5, 0.6) is 11.5 Å². The van der Waals surface area contributed by atoms with Crippen molar-refractivity contribution in [3.63, 3.8) is 0 Å². The third kappa shape index (κ3) is 6.79. The second kappa shape index (κ2) is 11.2. The van der Waals surface area contributed by atoms with E-state index in [-0.39, 0.29) is 17.3 Å². The average molecular weight is 574 g/mol. The molecule has 11 heteroatoms. The molecule has 0 unspecified atom stereocenters. The molecule has 4 rings (SSSR count). The lowest BCUT2D eigenvalue weighted by molar-refractivity contribution is -0.156. The lowest BCUT2D eigenvalue weighted by Gasteiger charge is -2.30. The van der Waals surface area contributed by atoms with Crippen LogP contribution in [0.3, 0.4) is 0 Å². The summed E-state index contributed by atoms with van der Waals surface area (Å²) in [4.78, 5) is 30.7. The van der Waals surface area contributed by atoms with Crippen LogP contribution in [0.4, 0.5) is 5.69 Å². The first-order valence-corrected chi connectivity index (χ1v) is 12.8. The monoisotopic (exact) mass is 573 g/mol. The Hall–Kier alpha value is -3.24. The molecule has 2 aromatic carbocycles. The van der Waals surface area contributed by atoms with E-state index in [4.69, 9.17) is 55.4 Å². The number of carbonyl (C=O) groups excluding carboxylic acids is 2. The summed E-state index contributed by atoms with van der Waals surface area (Å²) in [6.07, 6.45) is 1.79. The second-order valence-electron chi connectivity index (χ2n) is 9.61. The van der Waals surface area contributed by atoms with Gasteiger partial charge in [-0.3, -0.25) is 9.69 Å². The van der Waals surface area contributed by atoms with Crippen LogP contribution in [-0.2, 0) is 22.5 Å². The van der Waals surface area contributed by atoms with Crippen molar-refractivity contribution in [2.75, 3.05) is 4.90 Å². The van der Waals surface area contributed by atoms with Crippen LogP contribution in [0, 0.1) is 0 Å². The summed E-state index contributed by atoms with van der Waals surface area (Å²) >= 11 is 17.7. The molecule has 198 valence electrons. The third-order valence-corrected chi connectivity index (χ3v) is 6.19. The van der Waals surface area contributed by atoms with E-state index >= 15 is 0 Å². The number of ether oxygens (including phenoxy) is 3. The van der Waals surface area contributed by atoms with Gasteiger partial charge in [0.2, 0.25) is 0 Å². The molecule has 1 aromatic heterocycles. The van der Waals surface area contributed by atoms with Crippen molar-refractivity contribution in [1.29, 1.82) is 0 Å². The van der Waals surface area contributed by atoms with Crippen molar-refractivity contribution in [2.24, 2.45) is 5.73 Å². The van der Waals surface area contributed by atoms with Gasteiger partial charge in [0, 0.05) is 10.6 Å². The maximum absolute atomic E-state index is 12.6. The molecule has 0 saturated carbocycles. The number of hydrogen-bond acceptors (Lipinski definition) is 8. The van der Waals surface area contributed by atoms with Crippen LogP contribution in [0.2, 0.25) is 10.0 Å². The number of pyridine rings is 1. The number of nitrogens with zero attached hydrogens (tertiary/aromatic N) is 2. The van der Waals surface area contributed by atoms with Gasteiger partial charge in [0.15, 0.2) is 5.75 Å². The normalized spacial score (nSPS) is 13.8. The molecule has 3 aromatic rings. The molecule has 1 atom stereocenters. The van der Waals surface area contributed by atoms with E-state index in [1.54, 1.807) is 68.1 Å². The Balaban J connectivity index is 1.37. The van der Waals surface area contributed by atoms with Crippen molar-refractivity contribution < 1.29 is 23.8 Å². The Kier molecular flexibility index (Phi) is 8.22. The van der Waals surface area contributed by atoms with Crippen LogP contribution in [0.15, 0.2) is 54.7 Å². The topological polar surface area (TPSA) is 104 Å². The van der Waals surface area contributed by atoms with Gasteiger partial charge in [-0.1, -0.05) is 35.3 Å². The van der Waals surface area contributed by atoms with Gasteiger partial charge < -0.3 is 19.9 Å². The predicted octanol–water partition coefficient (Wildman–Crippen LogP) is 5.50. The first-order chi connectivity index (χ1) is 17.9. The van der Waals surface area contributed by atoms with Gasteiger partial charge in [0.25, 0.3) is 5.17 Å². The highest BCUT2D eigenvalue weighted by molar-refractivity contribution is 7.80. The number of carbonyl (C=O) groups is 2. The quantitative estimate of drug-likeness (QED) is 0.232. The van der Waals surface area contributed by atoms with E-state index in [1.807, 2.05) is 0 Å². The lowest BCUT2D eigenvalue weighted by atomic mass is 10.1. The third-order valence-electron chi connectivity index (χ3n) is 5.39. The molecule has 0 aliphatic carbocycles. The van der Waals surface area contributed by atoms with Gasteiger partial charge in [0.05, 0.1) is 23.5 Å². The minimum atomic E-state index is -0.800. The van der Waals surface area contributed by atoms with Crippen molar-refractivity contribution >= 4 is 58.2 Å². The van der Waals surface area contributed by atoms with Crippen molar-refractivity contribution in [1.82, 2.24) is 4.98 Å². The zero-order chi connectivity index (χ0) is 27.6. The molecule has 2 heterocycles. The number of aromatic nitrogens is 1. The van der Waals surface area contributed by atoms with Gasteiger partial charge >= 0.3 is 11.9 Å². The van der Waals surface area contributed by atoms with E-state index in [1.165, 1.54) is 12.3 Å². The second-order valence-corrected chi connectivity index (χ2v) is 10.8. The number of hydrogen-bond donors (Lipinski definition) is 1. The summed E-state index contributed by atoms with van der Waals surface area (Å²) in [6.45, 7) is 5.73. The molecule has 0 amide bonds.